The molecule has 1 fully saturated rings. The Bertz CT molecular complexity index is 2420. The quantitative estimate of drug-likeness (QED) is 0.0710. The summed E-state index contributed by atoms with van der Waals surface area (Å²) in [7, 11) is 5.26. The summed E-state index contributed by atoms with van der Waals surface area (Å²) in [5.74, 6) is 1.55. The van der Waals surface area contributed by atoms with E-state index >= 15 is 0 Å². The summed E-state index contributed by atoms with van der Waals surface area (Å²) in [6, 6.07) is 22.8. The van der Waals surface area contributed by atoms with Gasteiger partial charge in [-0.25, -0.2) is 0 Å². The van der Waals surface area contributed by atoms with E-state index in [4.69, 9.17) is 34.7 Å². The van der Waals surface area contributed by atoms with E-state index in [2.05, 4.69) is 60.6 Å². The summed E-state index contributed by atoms with van der Waals surface area (Å²) in [6.45, 7) is 4.77. The zero-order chi connectivity index (χ0) is 42.6. The fourth-order valence-electron chi connectivity index (χ4n) is 8.21. The van der Waals surface area contributed by atoms with Crippen LogP contribution in [0.1, 0.15) is 51.1 Å². The van der Waals surface area contributed by atoms with Gasteiger partial charge >= 0.3 is 35.1 Å². The second-order valence-electron chi connectivity index (χ2n) is 15.4. The van der Waals surface area contributed by atoms with Crippen molar-refractivity contribution in [1.82, 2.24) is 14.7 Å². The van der Waals surface area contributed by atoms with Crippen LogP contribution in [0.2, 0.25) is 0 Å². The number of methoxy groups -OCH3 is 2. The molecule has 0 spiro atoms. The normalized spacial score (nSPS) is 18.8. The first-order chi connectivity index (χ1) is 29.8. The molecule has 4 aromatic carbocycles. The molecule has 13 nitrogen and oxygen atoms in total. The van der Waals surface area contributed by atoms with Crippen LogP contribution < -0.4 is 29.6 Å². The number of halogens is 1. The number of nitrogens with zero attached hydrogens (tertiary/aromatic N) is 6. The van der Waals surface area contributed by atoms with E-state index in [0.29, 0.717) is 83.7 Å². The van der Waals surface area contributed by atoms with Gasteiger partial charge in [-0.2, -0.15) is 0 Å². The van der Waals surface area contributed by atoms with E-state index in [1.807, 2.05) is 49.1 Å². The molecule has 5 aliphatic rings. The number of nitrogens with two attached hydrogens (primary N) is 1. The van der Waals surface area contributed by atoms with Crippen molar-refractivity contribution in [2.45, 2.75) is 31.3 Å². The molecule has 3 radical (unpaired) electrons. The van der Waals surface area contributed by atoms with Crippen LogP contribution in [-0.2, 0) is 15.6 Å². The molecule has 2 atom stereocenters. The molecule has 2 N–H and O–H groups in total. The number of amides is 2. The van der Waals surface area contributed by atoms with Crippen LogP contribution in [0.3, 0.4) is 0 Å². The molecule has 9 rings (SSSR count). The number of rotatable bonds is 11. The van der Waals surface area contributed by atoms with Gasteiger partial charge in [-0.3, -0.25) is 19.6 Å². The number of hydrogen-bond acceptors (Lipinski definition) is 11. The first-order valence-corrected chi connectivity index (χ1v) is 27.9. The molecule has 0 aliphatic carbocycles. The van der Waals surface area contributed by atoms with Gasteiger partial charge < -0.3 is 44.3 Å². The van der Waals surface area contributed by atoms with Crippen molar-refractivity contribution in [3.63, 3.8) is 0 Å². The van der Waals surface area contributed by atoms with Gasteiger partial charge in [0.1, 0.15) is 0 Å². The Morgan fingerprint density at radius 2 is 1.13 bits per heavy atom. The molecule has 0 aromatic heterocycles. The molecule has 1 saturated heterocycles. The average molecular weight is 1120 g/mol. The number of piperazine rings is 1. The van der Waals surface area contributed by atoms with Crippen LogP contribution >= 0.6 is 19.5 Å². The minimum atomic E-state index is -0.202. The van der Waals surface area contributed by atoms with E-state index in [1.54, 1.807) is 63.9 Å². The second-order valence-corrected chi connectivity index (χ2v) is 15.4. The zero-order valence-corrected chi connectivity index (χ0v) is 39.7. The molecular formula is C46H47BIN7O6Re. The van der Waals surface area contributed by atoms with E-state index < -0.39 is 0 Å². The van der Waals surface area contributed by atoms with E-state index in [0.717, 1.165) is 48.5 Å². The van der Waals surface area contributed by atoms with Crippen molar-refractivity contribution in [2.75, 3.05) is 71.3 Å². The fourth-order valence-corrected chi connectivity index (χ4v) is 8.21. The van der Waals surface area contributed by atoms with Crippen molar-refractivity contribution in [2.24, 2.45) is 9.98 Å². The average Bonchev–Trinajstić information content (AvgIpc) is 3.87. The third-order valence-corrected chi connectivity index (χ3v) is 11.6. The van der Waals surface area contributed by atoms with Crippen LogP contribution in [0.15, 0.2) is 95.2 Å². The van der Waals surface area contributed by atoms with Crippen molar-refractivity contribution in [1.29, 1.82) is 0 Å². The Morgan fingerprint density at radius 3 is 1.58 bits per heavy atom. The molecule has 0 saturated carbocycles. The Labute approximate surface area is 385 Å². The Morgan fingerprint density at radius 1 is 0.677 bits per heavy atom. The molecule has 5 aliphatic heterocycles. The SMILES string of the molecule is COc1cc2c(cc1OCCCOc1cc3c(cc1OC)C(=O)N1C=C(c4ccc(N5CCN(C)CC5)cc4)C[C@H]1C=N3)N=C[C@@H]1CC(c3ccc(N)cc3)=CN1C2=O.[B].[I][Re]. The number of hydrogen-bond donors (Lipinski definition) is 1. The van der Waals surface area contributed by atoms with Crippen LogP contribution in [0.25, 0.3) is 11.1 Å². The van der Waals surface area contributed by atoms with Crippen molar-refractivity contribution in [3.05, 3.63) is 107 Å². The third kappa shape index (κ3) is 9.29. The number of fused-ring (bicyclic) bond motifs is 4. The summed E-state index contributed by atoms with van der Waals surface area (Å²) in [4.78, 5) is 45.4. The fraction of sp³-hybridized carbons (Fsp3) is 0.304. The van der Waals surface area contributed by atoms with Crippen LogP contribution in [0.5, 0.6) is 23.0 Å². The van der Waals surface area contributed by atoms with Gasteiger partial charge in [-0.1, -0.05) is 24.3 Å². The van der Waals surface area contributed by atoms with Crippen molar-refractivity contribution >= 4 is 86.1 Å². The summed E-state index contributed by atoms with van der Waals surface area (Å²) < 4.78 is 23.6. The standard InChI is InChI=1S/C46H47N7O6.B.HI.Re/c1-50-13-15-51(16-14-50)34-11-7-30(8-12-34)32-20-36-26-49-40-24-44(42(57-3)22-38(40)46(55)53(36)28-32)59-18-4-17-58-43-23-39-37(21-41(43)56-2)45(54)52-27-31(19-35(52)25-48-39)29-5-9-33(47)10-6-29;;;/h5-12,21-28,35-36H,4,13-20,47H2,1-3H3;;1H;/q;;;+1/p-1/t35-,36-;;;/m0.../s1. The molecular weight excluding hydrogens is 1070 g/mol. The van der Waals surface area contributed by atoms with E-state index in [1.165, 1.54) is 5.69 Å². The first-order valence-electron chi connectivity index (χ1n) is 20.1. The molecule has 62 heavy (non-hydrogen) atoms. The van der Waals surface area contributed by atoms with Gasteiger partial charge in [0.05, 0.1) is 62.0 Å². The molecule has 319 valence electrons. The van der Waals surface area contributed by atoms with Crippen molar-refractivity contribution < 1.29 is 44.1 Å². The molecule has 16 heteroatoms. The van der Waals surface area contributed by atoms with Crippen LogP contribution in [0.4, 0.5) is 22.7 Å². The van der Waals surface area contributed by atoms with Gasteiger partial charge in [0.2, 0.25) is 0 Å². The monoisotopic (exact) mass is 1120 g/mol. The number of likely N-dealkylation sites (N-methyl/N-ethyl adjacent to an activating group) is 1. The number of anilines is 2. The van der Waals surface area contributed by atoms with Crippen LogP contribution in [0, 0.1) is 0 Å². The predicted octanol–water partition coefficient (Wildman–Crippen LogP) is 7.33. The van der Waals surface area contributed by atoms with Crippen LogP contribution in [-0.4, -0.2) is 120 Å². The molecule has 0 bridgehead atoms. The minimum absolute atomic E-state index is 0. The van der Waals surface area contributed by atoms with Gasteiger partial charge in [-0.05, 0) is 65.7 Å². The number of benzene rings is 4. The first kappa shape index (κ1) is 44.9. The Balaban J connectivity index is 0.00000190. The van der Waals surface area contributed by atoms with Gasteiger partial charge in [-0.15, -0.1) is 0 Å². The number of ether oxygens (including phenoxy) is 4. The maximum atomic E-state index is 13.9. The Kier molecular flexibility index (Phi) is 14.4. The predicted molar refractivity (Wildman–Crippen MR) is 250 cm³/mol. The zero-order valence-electron chi connectivity index (χ0n) is 34.8. The second kappa shape index (κ2) is 19.9. The number of nitrogen functional groups attached to an aromatic ring is 1. The third-order valence-electron chi connectivity index (χ3n) is 11.6. The van der Waals surface area contributed by atoms with Crippen molar-refractivity contribution in [3.8, 4) is 23.0 Å². The van der Waals surface area contributed by atoms with Gasteiger partial charge in [0, 0.05) is 102 Å². The number of aliphatic imine (C=N–C) groups is 2. The van der Waals surface area contributed by atoms with Gasteiger partial charge in [0.25, 0.3) is 11.8 Å². The summed E-state index contributed by atoms with van der Waals surface area (Å²) in [5.41, 5.74) is 14.0. The molecule has 4 aromatic rings. The summed E-state index contributed by atoms with van der Waals surface area (Å²) in [5, 5.41) is 0. The van der Waals surface area contributed by atoms with Gasteiger partial charge in [0.15, 0.2) is 23.0 Å². The number of carbonyl (C=O) groups excluding carboxylic acids is 2. The maximum absolute atomic E-state index is 13.9. The van der Waals surface area contributed by atoms with E-state index in [-0.39, 0.29) is 32.3 Å². The topological polar surface area (TPSA) is 135 Å². The van der Waals surface area contributed by atoms with E-state index in [9.17, 15) is 9.59 Å². The Hall–Kier alpha value is -5.14. The summed E-state index contributed by atoms with van der Waals surface area (Å²) >= 11 is 3.90. The summed E-state index contributed by atoms with van der Waals surface area (Å²) in [6.07, 6.45) is 9.36. The molecule has 0 unspecified atom stereocenters. The molecule has 5 heterocycles. The molecule has 2 amide bonds. The number of carbonyl (C=O) groups is 2.